The van der Waals surface area contributed by atoms with Crippen molar-refractivity contribution in [3.05, 3.63) is 89.5 Å². The SMILES string of the molecule is CC(C)(c1cccc(-c2cncc(C(F)(F)F)c2F)n1)c1cccc(-n2ccc(C(F)(F)F)n2)n1. The van der Waals surface area contributed by atoms with Gasteiger partial charge in [0, 0.05) is 24.0 Å². The van der Waals surface area contributed by atoms with Crippen LogP contribution in [0, 0.1) is 5.82 Å². The summed E-state index contributed by atoms with van der Waals surface area (Å²) in [4.78, 5) is 12.3. The van der Waals surface area contributed by atoms with Gasteiger partial charge in [0.2, 0.25) is 0 Å². The van der Waals surface area contributed by atoms with Gasteiger partial charge in [-0.05, 0) is 44.2 Å². The fraction of sp³-hybridized carbons (Fsp3) is 0.217. The molecule has 4 rings (SSSR count). The van der Waals surface area contributed by atoms with Crippen LogP contribution in [0.15, 0.2) is 61.1 Å². The lowest BCUT2D eigenvalue weighted by Gasteiger charge is -2.24. The van der Waals surface area contributed by atoms with Crippen LogP contribution in [0.3, 0.4) is 0 Å². The van der Waals surface area contributed by atoms with Gasteiger partial charge in [-0.15, -0.1) is 0 Å². The lowest BCUT2D eigenvalue weighted by Crippen LogP contribution is -2.23. The van der Waals surface area contributed by atoms with Crippen LogP contribution in [0.1, 0.15) is 36.5 Å². The predicted molar refractivity (Wildman–Crippen MR) is 111 cm³/mol. The molecule has 0 N–H and O–H groups in total. The zero-order valence-corrected chi connectivity index (χ0v) is 18.2. The molecule has 0 radical (unpaired) electrons. The highest BCUT2D eigenvalue weighted by atomic mass is 19.4. The van der Waals surface area contributed by atoms with Crippen molar-refractivity contribution in [2.75, 3.05) is 0 Å². The Kier molecular flexibility index (Phi) is 5.86. The van der Waals surface area contributed by atoms with Gasteiger partial charge in [0.05, 0.1) is 22.6 Å². The summed E-state index contributed by atoms with van der Waals surface area (Å²) in [7, 11) is 0. The molecule has 0 aliphatic carbocycles. The molecular formula is C23H16F7N5. The van der Waals surface area contributed by atoms with Gasteiger partial charge in [0.25, 0.3) is 0 Å². The molecule has 12 heteroatoms. The van der Waals surface area contributed by atoms with E-state index in [-0.39, 0.29) is 11.5 Å². The molecule has 0 saturated carbocycles. The van der Waals surface area contributed by atoms with Gasteiger partial charge in [0.15, 0.2) is 11.5 Å². The summed E-state index contributed by atoms with van der Waals surface area (Å²) in [6.45, 7) is 3.44. The van der Waals surface area contributed by atoms with E-state index in [0.29, 0.717) is 17.6 Å². The highest BCUT2D eigenvalue weighted by molar-refractivity contribution is 5.60. The average Bonchev–Trinajstić information content (AvgIpc) is 3.30. The van der Waals surface area contributed by atoms with Crippen molar-refractivity contribution in [3.8, 4) is 17.1 Å². The van der Waals surface area contributed by atoms with E-state index in [1.165, 1.54) is 18.2 Å². The van der Waals surface area contributed by atoms with Gasteiger partial charge in [0.1, 0.15) is 11.4 Å². The fourth-order valence-corrected chi connectivity index (χ4v) is 3.39. The van der Waals surface area contributed by atoms with Crippen molar-refractivity contribution in [3.63, 3.8) is 0 Å². The van der Waals surface area contributed by atoms with Crippen LogP contribution in [0.4, 0.5) is 30.7 Å². The van der Waals surface area contributed by atoms with Gasteiger partial charge in [-0.3, -0.25) is 9.97 Å². The predicted octanol–water partition coefficient (Wildman–Crippen LogP) is 6.23. The second kappa shape index (κ2) is 8.43. The number of halogens is 7. The quantitative estimate of drug-likeness (QED) is 0.315. The molecule has 0 fully saturated rings. The van der Waals surface area contributed by atoms with Crippen LogP contribution in [0.25, 0.3) is 17.1 Å². The molecule has 0 amide bonds. The lowest BCUT2D eigenvalue weighted by molar-refractivity contribution is -0.141. The van der Waals surface area contributed by atoms with E-state index in [0.717, 1.165) is 23.1 Å². The molecule has 0 atom stereocenters. The molecule has 0 aromatic carbocycles. The maximum absolute atomic E-state index is 14.6. The monoisotopic (exact) mass is 495 g/mol. The van der Waals surface area contributed by atoms with Gasteiger partial charge in [-0.25, -0.2) is 14.1 Å². The van der Waals surface area contributed by atoms with Crippen LogP contribution in [0.2, 0.25) is 0 Å². The fourth-order valence-electron chi connectivity index (χ4n) is 3.39. The first kappa shape index (κ1) is 24.3. The summed E-state index contributed by atoms with van der Waals surface area (Å²) in [6, 6.07) is 9.94. The molecule has 4 aromatic heterocycles. The summed E-state index contributed by atoms with van der Waals surface area (Å²) in [5, 5.41) is 3.51. The van der Waals surface area contributed by atoms with Crippen molar-refractivity contribution in [1.82, 2.24) is 24.7 Å². The average molecular weight is 495 g/mol. The third-order valence-electron chi connectivity index (χ3n) is 5.34. The minimum absolute atomic E-state index is 0.0651. The Bertz CT molecular complexity index is 1370. The zero-order chi connectivity index (χ0) is 25.6. The lowest BCUT2D eigenvalue weighted by atomic mass is 9.84. The molecule has 35 heavy (non-hydrogen) atoms. The summed E-state index contributed by atoms with van der Waals surface area (Å²) < 4.78 is 93.6. The summed E-state index contributed by atoms with van der Waals surface area (Å²) in [6.07, 6.45) is -7.04. The van der Waals surface area contributed by atoms with Crippen molar-refractivity contribution >= 4 is 0 Å². The summed E-state index contributed by atoms with van der Waals surface area (Å²) in [5.41, 5.74) is -3.29. The van der Waals surface area contributed by atoms with Crippen molar-refractivity contribution in [1.29, 1.82) is 0 Å². The minimum atomic E-state index is -4.92. The van der Waals surface area contributed by atoms with Gasteiger partial charge >= 0.3 is 12.4 Å². The molecule has 4 heterocycles. The number of nitrogens with zero attached hydrogens (tertiary/aromatic N) is 5. The number of aromatic nitrogens is 5. The van der Waals surface area contributed by atoms with E-state index < -0.39 is 40.4 Å². The number of pyridine rings is 3. The van der Waals surface area contributed by atoms with Gasteiger partial charge in [-0.1, -0.05) is 12.1 Å². The Labute approximate surface area is 194 Å². The third kappa shape index (κ3) is 4.73. The van der Waals surface area contributed by atoms with E-state index in [2.05, 4.69) is 20.1 Å². The second-order valence-corrected chi connectivity index (χ2v) is 8.10. The molecule has 4 aromatic rings. The topological polar surface area (TPSA) is 56.5 Å². The van der Waals surface area contributed by atoms with Gasteiger partial charge in [-0.2, -0.15) is 31.4 Å². The van der Waals surface area contributed by atoms with Crippen LogP contribution in [0.5, 0.6) is 0 Å². The Morgan fingerprint density at radius 2 is 1.40 bits per heavy atom. The van der Waals surface area contributed by atoms with Crippen molar-refractivity contribution in [2.24, 2.45) is 0 Å². The zero-order valence-electron chi connectivity index (χ0n) is 18.2. The maximum Gasteiger partial charge on any atom is 0.435 e. The summed E-state index contributed by atoms with van der Waals surface area (Å²) >= 11 is 0. The second-order valence-electron chi connectivity index (χ2n) is 8.10. The number of rotatable bonds is 4. The highest BCUT2D eigenvalue weighted by Gasteiger charge is 2.36. The molecule has 0 bridgehead atoms. The Morgan fingerprint density at radius 3 is 2.03 bits per heavy atom. The first-order valence-corrected chi connectivity index (χ1v) is 10.1. The Morgan fingerprint density at radius 1 is 0.743 bits per heavy atom. The van der Waals surface area contributed by atoms with Crippen molar-refractivity contribution < 1.29 is 30.7 Å². The first-order valence-electron chi connectivity index (χ1n) is 10.1. The van der Waals surface area contributed by atoms with Crippen molar-refractivity contribution in [2.45, 2.75) is 31.6 Å². The smallest absolute Gasteiger partial charge is 0.263 e. The third-order valence-corrected chi connectivity index (χ3v) is 5.34. The van der Waals surface area contributed by atoms with Gasteiger partial charge < -0.3 is 0 Å². The Hall–Kier alpha value is -3.83. The molecule has 0 aliphatic heterocycles. The largest absolute Gasteiger partial charge is 0.435 e. The highest BCUT2D eigenvalue weighted by Crippen LogP contribution is 2.36. The van der Waals surface area contributed by atoms with E-state index in [4.69, 9.17) is 0 Å². The standard InChI is InChI=1S/C23H16F7N5/c1-21(2,17-7-4-8-19(33-17)35-10-9-18(34-35)23(28,29)30)16-6-3-5-15(32-16)13-11-31-12-14(20(13)24)22(25,26)27/h3-12H,1-2H3. The number of hydrogen-bond donors (Lipinski definition) is 0. The van der Waals surface area contributed by atoms with Crippen LogP contribution < -0.4 is 0 Å². The van der Waals surface area contributed by atoms with E-state index in [1.807, 2.05) is 0 Å². The van der Waals surface area contributed by atoms with E-state index >= 15 is 0 Å². The number of alkyl halides is 6. The van der Waals surface area contributed by atoms with Crippen LogP contribution in [-0.2, 0) is 17.8 Å². The number of hydrogen-bond acceptors (Lipinski definition) is 4. The molecule has 182 valence electrons. The molecule has 0 aliphatic rings. The Balaban J connectivity index is 1.73. The van der Waals surface area contributed by atoms with E-state index in [9.17, 15) is 30.7 Å². The van der Waals surface area contributed by atoms with E-state index in [1.54, 1.807) is 32.0 Å². The minimum Gasteiger partial charge on any atom is -0.263 e. The first-order chi connectivity index (χ1) is 16.3. The molecule has 5 nitrogen and oxygen atoms in total. The summed E-state index contributed by atoms with van der Waals surface area (Å²) in [5.74, 6) is -1.37. The maximum atomic E-state index is 14.6. The molecule has 0 saturated heterocycles. The normalized spacial score (nSPS) is 12.7. The van der Waals surface area contributed by atoms with Crippen LogP contribution >= 0.6 is 0 Å². The molecular weight excluding hydrogens is 479 g/mol. The molecule has 0 unspecified atom stereocenters. The molecule has 0 spiro atoms. The van der Waals surface area contributed by atoms with Crippen LogP contribution in [-0.4, -0.2) is 24.7 Å².